The van der Waals surface area contributed by atoms with Gasteiger partial charge in [0.2, 0.25) is 5.91 Å². The molecule has 1 aliphatic heterocycles. The molecule has 1 aromatic heterocycles. The number of aromatic nitrogens is 2. The Kier molecular flexibility index (Phi) is 5.14. The minimum absolute atomic E-state index is 0.174. The van der Waals surface area contributed by atoms with Crippen molar-refractivity contribution in [3.8, 4) is 5.69 Å². The molecule has 1 aliphatic rings. The molecule has 8 heteroatoms. The van der Waals surface area contributed by atoms with Gasteiger partial charge in [-0.25, -0.2) is 14.4 Å². The molecule has 0 bridgehead atoms. The number of benzene rings is 2. The Balaban J connectivity index is 1.55. The lowest BCUT2D eigenvalue weighted by atomic mass is 10.1. The molecule has 30 heavy (non-hydrogen) atoms. The van der Waals surface area contributed by atoms with Gasteiger partial charge in [0.05, 0.1) is 11.4 Å². The minimum atomic E-state index is -0.490. The zero-order chi connectivity index (χ0) is 21.3. The Labute approximate surface area is 172 Å². The molecule has 3 aromatic rings. The summed E-state index contributed by atoms with van der Waals surface area (Å²) in [6.07, 6.45) is 3.65. The molecule has 0 unspecified atom stereocenters. The van der Waals surface area contributed by atoms with Crippen LogP contribution in [0.2, 0.25) is 0 Å². The number of aryl methyl sites for hydroxylation is 2. The van der Waals surface area contributed by atoms with Gasteiger partial charge in [-0.05, 0) is 49.7 Å². The Morgan fingerprint density at radius 3 is 2.67 bits per heavy atom. The fraction of sp³-hybridized carbons (Fsp3) is 0.182. The van der Waals surface area contributed by atoms with Crippen LogP contribution in [-0.4, -0.2) is 27.1 Å². The molecule has 0 saturated carbocycles. The average Bonchev–Trinajstić information content (AvgIpc) is 3.14. The number of hydrogen-bond acceptors (Lipinski definition) is 4. The molecule has 0 fully saturated rings. The number of carbonyl (C=O) groups is 2. The molecule has 2 amide bonds. The van der Waals surface area contributed by atoms with E-state index in [1.165, 1.54) is 11.1 Å². The number of nitrogens with zero attached hydrogens (tertiary/aromatic N) is 4. The van der Waals surface area contributed by atoms with Gasteiger partial charge in [0.25, 0.3) is 5.91 Å². The lowest BCUT2D eigenvalue weighted by molar-refractivity contribution is -0.118. The summed E-state index contributed by atoms with van der Waals surface area (Å²) in [5.41, 5.74) is 2.45. The van der Waals surface area contributed by atoms with Crippen molar-refractivity contribution in [1.29, 1.82) is 0 Å². The van der Waals surface area contributed by atoms with Gasteiger partial charge in [0, 0.05) is 30.9 Å². The lowest BCUT2D eigenvalue weighted by Gasteiger charge is -2.23. The third-order valence-electron chi connectivity index (χ3n) is 4.83. The van der Waals surface area contributed by atoms with Crippen molar-refractivity contribution in [2.75, 3.05) is 10.3 Å². The number of carbonyl (C=O) groups excluding carboxylic acids is 2. The monoisotopic (exact) mass is 405 g/mol. The van der Waals surface area contributed by atoms with E-state index in [4.69, 9.17) is 0 Å². The van der Waals surface area contributed by atoms with Crippen molar-refractivity contribution in [1.82, 2.24) is 9.55 Å². The molecule has 1 N–H and O–H groups in total. The van der Waals surface area contributed by atoms with Gasteiger partial charge in [-0.15, -0.1) is 0 Å². The van der Waals surface area contributed by atoms with E-state index in [9.17, 15) is 14.0 Å². The fourth-order valence-corrected chi connectivity index (χ4v) is 3.29. The van der Waals surface area contributed by atoms with Crippen LogP contribution in [0.5, 0.6) is 0 Å². The quantitative estimate of drug-likeness (QED) is 0.718. The molecule has 0 atom stereocenters. The number of rotatable bonds is 4. The number of halogens is 1. The molecule has 0 spiro atoms. The standard InChI is InChI=1S/C22H20FN5O2/c1-14-4-3-5-17(12-14)28-21(29)9-7-19(26-28)22(30)25-16-6-8-20(18(23)13-16)27-11-10-24-15(27)2/h3-6,8,10-13H,7,9H2,1-2H3,(H,25,30). The summed E-state index contributed by atoms with van der Waals surface area (Å²) in [5, 5.41) is 8.16. The molecule has 7 nitrogen and oxygen atoms in total. The second-order valence-electron chi connectivity index (χ2n) is 7.06. The first-order valence-corrected chi connectivity index (χ1v) is 9.51. The van der Waals surface area contributed by atoms with Crippen molar-refractivity contribution in [3.05, 3.63) is 72.1 Å². The van der Waals surface area contributed by atoms with Crippen molar-refractivity contribution < 1.29 is 14.0 Å². The Morgan fingerprint density at radius 1 is 1.13 bits per heavy atom. The van der Waals surface area contributed by atoms with Crippen molar-refractivity contribution in [2.45, 2.75) is 26.7 Å². The van der Waals surface area contributed by atoms with E-state index in [1.54, 1.807) is 42.1 Å². The van der Waals surface area contributed by atoms with Gasteiger partial charge in [0.15, 0.2) is 0 Å². The van der Waals surface area contributed by atoms with E-state index >= 15 is 0 Å². The van der Waals surface area contributed by atoms with E-state index in [2.05, 4.69) is 15.4 Å². The maximum Gasteiger partial charge on any atom is 0.271 e. The highest BCUT2D eigenvalue weighted by Gasteiger charge is 2.26. The highest BCUT2D eigenvalue weighted by atomic mass is 19.1. The van der Waals surface area contributed by atoms with Gasteiger partial charge in [0.1, 0.15) is 17.4 Å². The summed E-state index contributed by atoms with van der Waals surface area (Å²) >= 11 is 0. The molecule has 0 saturated heterocycles. The number of amides is 2. The molecule has 4 rings (SSSR count). The van der Waals surface area contributed by atoms with E-state index in [1.807, 2.05) is 25.1 Å². The Morgan fingerprint density at radius 2 is 1.97 bits per heavy atom. The van der Waals surface area contributed by atoms with Crippen LogP contribution in [0.1, 0.15) is 24.2 Å². The van der Waals surface area contributed by atoms with E-state index < -0.39 is 11.7 Å². The number of hydrogen-bond donors (Lipinski definition) is 1. The zero-order valence-corrected chi connectivity index (χ0v) is 16.6. The predicted molar refractivity (Wildman–Crippen MR) is 112 cm³/mol. The van der Waals surface area contributed by atoms with Crippen LogP contribution in [0.25, 0.3) is 5.69 Å². The van der Waals surface area contributed by atoms with Crippen LogP contribution in [-0.2, 0) is 9.59 Å². The SMILES string of the molecule is Cc1cccc(N2N=C(C(=O)Nc3ccc(-n4ccnc4C)c(F)c3)CCC2=O)c1. The summed E-state index contributed by atoms with van der Waals surface area (Å²) in [6.45, 7) is 3.69. The van der Waals surface area contributed by atoms with Gasteiger partial charge in [-0.3, -0.25) is 9.59 Å². The molecule has 0 radical (unpaired) electrons. The Bertz CT molecular complexity index is 1170. The normalized spacial score (nSPS) is 13.9. The summed E-state index contributed by atoms with van der Waals surface area (Å²) < 4.78 is 16.2. The van der Waals surface area contributed by atoms with E-state index in [-0.39, 0.29) is 24.5 Å². The first-order valence-electron chi connectivity index (χ1n) is 9.51. The van der Waals surface area contributed by atoms with Crippen molar-refractivity contribution in [2.24, 2.45) is 5.10 Å². The number of nitrogens with one attached hydrogen (secondary N) is 1. The van der Waals surface area contributed by atoms with Gasteiger partial charge in [-0.2, -0.15) is 5.10 Å². The number of hydrazone groups is 1. The van der Waals surface area contributed by atoms with Gasteiger partial charge >= 0.3 is 0 Å². The minimum Gasteiger partial charge on any atom is -0.321 e. The molecular formula is C22H20FN5O2. The summed E-state index contributed by atoms with van der Waals surface area (Å²) in [4.78, 5) is 29.1. The van der Waals surface area contributed by atoms with Crippen LogP contribution in [0.3, 0.4) is 0 Å². The van der Waals surface area contributed by atoms with E-state index in [0.29, 0.717) is 22.9 Å². The van der Waals surface area contributed by atoms with Crippen LogP contribution in [0, 0.1) is 19.7 Å². The first kappa shape index (κ1) is 19.5. The summed E-state index contributed by atoms with van der Waals surface area (Å²) in [5.74, 6) is -0.478. The van der Waals surface area contributed by atoms with Crippen LogP contribution >= 0.6 is 0 Å². The molecular weight excluding hydrogens is 385 g/mol. The maximum atomic E-state index is 14.6. The molecule has 152 valence electrons. The zero-order valence-electron chi connectivity index (χ0n) is 16.6. The predicted octanol–water partition coefficient (Wildman–Crippen LogP) is 3.75. The highest BCUT2D eigenvalue weighted by molar-refractivity contribution is 6.44. The van der Waals surface area contributed by atoms with Crippen molar-refractivity contribution in [3.63, 3.8) is 0 Å². The summed E-state index contributed by atoms with van der Waals surface area (Å²) in [6, 6.07) is 11.8. The topological polar surface area (TPSA) is 79.6 Å². The van der Waals surface area contributed by atoms with Crippen molar-refractivity contribution >= 4 is 28.9 Å². The highest BCUT2D eigenvalue weighted by Crippen LogP contribution is 2.23. The molecule has 2 aromatic carbocycles. The number of anilines is 2. The number of imidazole rings is 1. The third-order valence-corrected chi connectivity index (χ3v) is 4.83. The maximum absolute atomic E-state index is 14.6. The molecule has 2 heterocycles. The van der Waals surface area contributed by atoms with Crippen LogP contribution in [0.15, 0.2) is 60.0 Å². The average molecular weight is 405 g/mol. The smallest absolute Gasteiger partial charge is 0.271 e. The van der Waals surface area contributed by atoms with Gasteiger partial charge < -0.3 is 9.88 Å². The first-order chi connectivity index (χ1) is 14.4. The van der Waals surface area contributed by atoms with E-state index in [0.717, 1.165) is 5.56 Å². The fourth-order valence-electron chi connectivity index (χ4n) is 3.29. The van der Waals surface area contributed by atoms with Crippen LogP contribution < -0.4 is 10.3 Å². The van der Waals surface area contributed by atoms with Crippen LogP contribution in [0.4, 0.5) is 15.8 Å². The second kappa shape index (κ2) is 7.90. The largest absolute Gasteiger partial charge is 0.321 e. The lowest BCUT2D eigenvalue weighted by Crippen LogP contribution is -2.36. The molecule has 0 aliphatic carbocycles. The van der Waals surface area contributed by atoms with Gasteiger partial charge in [-0.1, -0.05) is 12.1 Å². The third kappa shape index (κ3) is 3.84. The Hall–Kier alpha value is -3.81. The summed E-state index contributed by atoms with van der Waals surface area (Å²) in [7, 11) is 0. The second-order valence-corrected chi connectivity index (χ2v) is 7.06.